The van der Waals surface area contributed by atoms with E-state index in [9.17, 15) is 23.3 Å². The minimum Gasteiger partial charge on any atom is -0.366 e. The molecule has 1 amide bonds. The summed E-state index contributed by atoms with van der Waals surface area (Å²) in [5, 5.41) is 11.1. The van der Waals surface area contributed by atoms with E-state index in [1.54, 1.807) is 6.07 Å². The van der Waals surface area contributed by atoms with E-state index in [4.69, 9.17) is 17.3 Å². The van der Waals surface area contributed by atoms with Gasteiger partial charge in [-0.2, -0.15) is 0 Å². The molecule has 132 valence electrons. The maximum Gasteiger partial charge on any atom is 0.275 e. The summed E-state index contributed by atoms with van der Waals surface area (Å²) in [6.45, 7) is 1.42. The Bertz CT molecular complexity index is 975. The van der Waals surface area contributed by atoms with Crippen LogP contribution in [0.25, 0.3) is 0 Å². The number of benzene rings is 2. The van der Waals surface area contributed by atoms with E-state index in [-0.39, 0.29) is 26.7 Å². The van der Waals surface area contributed by atoms with Crippen LogP contribution in [0.15, 0.2) is 41.3 Å². The van der Waals surface area contributed by atoms with Crippen LogP contribution in [-0.2, 0) is 10.0 Å². The highest BCUT2D eigenvalue weighted by molar-refractivity contribution is 7.92. The Balaban J connectivity index is 2.64. The maximum absolute atomic E-state index is 12.8. The van der Waals surface area contributed by atoms with Crippen molar-refractivity contribution in [2.24, 2.45) is 5.73 Å². The quantitative estimate of drug-likeness (QED) is 0.627. The lowest BCUT2D eigenvalue weighted by Crippen LogP contribution is -2.29. The first-order valence-corrected chi connectivity index (χ1v) is 8.71. The third-order valence-electron chi connectivity index (χ3n) is 3.65. The molecule has 8 nitrogen and oxygen atoms in total. The van der Waals surface area contributed by atoms with Gasteiger partial charge < -0.3 is 5.73 Å². The number of hydrogen-bond donors (Lipinski definition) is 1. The lowest BCUT2D eigenvalue weighted by atomic mass is 10.2. The first-order chi connectivity index (χ1) is 11.6. The van der Waals surface area contributed by atoms with Crippen LogP contribution < -0.4 is 10.0 Å². The number of amides is 1. The number of halogens is 1. The van der Waals surface area contributed by atoms with Gasteiger partial charge in [0.2, 0.25) is 0 Å². The Hall–Kier alpha value is -2.65. The predicted molar refractivity (Wildman–Crippen MR) is 93.4 cm³/mol. The third kappa shape index (κ3) is 3.42. The zero-order valence-corrected chi connectivity index (χ0v) is 14.8. The van der Waals surface area contributed by atoms with Crippen LogP contribution in [0, 0.1) is 17.0 Å². The molecule has 2 aromatic carbocycles. The summed E-state index contributed by atoms with van der Waals surface area (Å²) in [6.07, 6.45) is 0. The number of nitrogens with two attached hydrogens (primary N) is 1. The number of rotatable bonds is 5. The predicted octanol–water partition coefficient (Wildman–Crippen LogP) is 2.48. The first-order valence-electron chi connectivity index (χ1n) is 6.89. The highest BCUT2D eigenvalue weighted by Crippen LogP contribution is 2.32. The number of sulfonamides is 1. The van der Waals surface area contributed by atoms with Gasteiger partial charge in [-0.3, -0.25) is 19.2 Å². The van der Waals surface area contributed by atoms with E-state index in [0.717, 1.165) is 16.4 Å². The highest BCUT2D eigenvalue weighted by Gasteiger charge is 2.28. The number of nitro groups is 1. The van der Waals surface area contributed by atoms with Crippen LogP contribution in [-0.4, -0.2) is 26.3 Å². The van der Waals surface area contributed by atoms with Gasteiger partial charge in [0.15, 0.2) is 0 Å². The van der Waals surface area contributed by atoms with Gasteiger partial charge in [0.1, 0.15) is 0 Å². The molecule has 0 saturated carbocycles. The maximum atomic E-state index is 12.8. The second-order valence-corrected chi connectivity index (χ2v) is 7.54. The fraction of sp³-hybridized carbons (Fsp3) is 0.133. The number of hydrogen-bond acceptors (Lipinski definition) is 5. The number of nitrogens with zero attached hydrogens (tertiary/aromatic N) is 2. The lowest BCUT2D eigenvalue weighted by Gasteiger charge is -2.21. The zero-order valence-electron chi connectivity index (χ0n) is 13.3. The van der Waals surface area contributed by atoms with Gasteiger partial charge in [0, 0.05) is 18.7 Å². The van der Waals surface area contributed by atoms with E-state index in [2.05, 4.69) is 0 Å². The lowest BCUT2D eigenvalue weighted by molar-refractivity contribution is -0.385. The van der Waals surface area contributed by atoms with Crippen LogP contribution in [0.1, 0.15) is 15.9 Å². The number of carbonyl (C=O) groups excluding carboxylic acids is 1. The normalized spacial score (nSPS) is 11.2. The van der Waals surface area contributed by atoms with Gasteiger partial charge in [0.05, 0.1) is 26.1 Å². The van der Waals surface area contributed by atoms with Crippen molar-refractivity contribution in [2.45, 2.75) is 11.8 Å². The van der Waals surface area contributed by atoms with Gasteiger partial charge in [-0.25, -0.2) is 8.42 Å². The van der Waals surface area contributed by atoms with E-state index in [1.807, 2.05) is 0 Å². The molecule has 0 fully saturated rings. The topological polar surface area (TPSA) is 124 Å². The summed E-state index contributed by atoms with van der Waals surface area (Å²) in [7, 11) is -2.99. The molecule has 0 bridgehead atoms. The van der Waals surface area contributed by atoms with Gasteiger partial charge in [-0.1, -0.05) is 23.7 Å². The molecule has 0 atom stereocenters. The highest BCUT2D eigenvalue weighted by atomic mass is 35.5. The molecular formula is C15H14ClN3O5S. The van der Waals surface area contributed by atoms with Crippen LogP contribution >= 0.6 is 11.6 Å². The minimum absolute atomic E-state index is 0.00119. The van der Waals surface area contributed by atoms with Crippen LogP contribution in [0.3, 0.4) is 0 Å². The largest absolute Gasteiger partial charge is 0.366 e. The molecular weight excluding hydrogens is 370 g/mol. The number of anilines is 1. The van der Waals surface area contributed by atoms with Gasteiger partial charge in [-0.05, 0) is 25.1 Å². The molecule has 0 aliphatic heterocycles. The SMILES string of the molecule is Cc1c(Cl)cc(S(=O)(=O)N(C)c2ccccc2C(N)=O)cc1[N+](=O)[O-]. The Labute approximate surface area is 149 Å². The number of nitro benzene ring substituents is 1. The number of carbonyl (C=O) groups is 1. The van der Waals surface area contributed by atoms with Crippen molar-refractivity contribution >= 4 is 38.9 Å². The van der Waals surface area contributed by atoms with Crippen molar-refractivity contribution in [3.8, 4) is 0 Å². The third-order valence-corrected chi connectivity index (χ3v) is 5.80. The fourth-order valence-electron chi connectivity index (χ4n) is 2.22. The fourth-order valence-corrected chi connectivity index (χ4v) is 3.76. The van der Waals surface area contributed by atoms with Crippen molar-refractivity contribution in [3.63, 3.8) is 0 Å². The molecule has 0 aliphatic rings. The number of primary amides is 1. The Morgan fingerprint density at radius 2 is 1.88 bits per heavy atom. The van der Waals surface area contributed by atoms with E-state index in [0.29, 0.717) is 0 Å². The molecule has 25 heavy (non-hydrogen) atoms. The minimum atomic E-state index is -4.21. The Kier molecular flexibility index (Phi) is 5.00. The van der Waals surface area contributed by atoms with Crippen molar-refractivity contribution in [1.29, 1.82) is 0 Å². The molecule has 0 unspecified atom stereocenters. The average molecular weight is 384 g/mol. The molecule has 0 radical (unpaired) electrons. The summed E-state index contributed by atoms with van der Waals surface area (Å²) < 4.78 is 26.5. The van der Waals surface area contributed by atoms with Gasteiger partial charge in [-0.15, -0.1) is 0 Å². The Morgan fingerprint density at radius 1 is 1.28 bits per heavy atom. The molecule has 0 aromatic heterocycles. The summed E-state index contributed by atoms with van der Waals surface area (Å²) in [6, 6.07) is 7.93. The molecule has 10 heteroatoms. The zero-order chi connectivity index (χ0) is 18.9. The molecule has 2 rings (SSSR count). The number of para-hydroxylation sites is 1. The van der Waals surface area contributed by atoms with Crippen LogP contribution in [0.2, 0.25) is 5.02 Å². The van der Waals surface area contributed by atoms with Crippen molar-refractivity contribution in [3.05, 3.63) is 62.7 Å². The monoisotopic (exact) mass is 383 g/mol. The van der Waals surface area contributed by atoms with Gasteiger partial charge in [0.25, 0.3) is 21.6 Å². The van der Waals surface area contributed by atoms with E-state index >= 15 is 0 Å². The van der Waals surface area contributed by atoms with Crippen LogP contribution in [0.5, 0.6) is 0 Å². The molecule has 0 saturated heterocycles. The molecule has 2 aromatic rings. The van der Waals surface area contributed by atoms with Gasteiger partial charge >= 0.3 is 0 Å². The second-order valence-electron chi connectivity index (χ2n) is 5.16. The van der Waals surface area contributed by atoms with Crippen molar-refractivity contribution in [2.75, 3.05) is 11.4 Å². The van der Waals surface area contributed by atoms with E-state index in [1.165, 1.54) is 32.2 Å². The average Bonchev–Trinajstić information content (AvgIpc) is 2.55. The summed E-state index contributed by atoms with van der Waals surface area (Å²) in [5.74, 6) is -0.800. The van der Waals surface area contributed by atoms with Crippen LogP contribution in [0.4, 0.5) is 11.4 Å². The first kappa shape index (κ1) is 18.7. The van der Waals surface area contributed by atoms with Crippen molar-refractivity contribution < 1.29 is 18.1 Å². The molecule has 0 spiro atoms. The standard InChI is InChI=1S/C15H14ClN3O5S/c1-9-12(16)7-10(8-14(9)19(21)22)25(23,24)18(2)13-6-4-3-5-11(13)15(17)20/h3-8H,1-2H3,(H2,17,20). The van der Waals surface area contributed by atoms with Crippen molar-refractivity contribution in [1.82, 2.24) is 0 Å². The summed E-state index contributed by atoms with van der Waals surface area (Å²) in [5.41, 5.74) is 5.07. The molecule has 0 heterocycles. The van der Waals surface area contributed by atoms with E-state index < -0.39 is 26.5 Å². The molecule has 2 N–H and O–H groups in total. The second kappa shape index (κ2) is 6.69. The summed E-state index contributed by atoms with van der Waals surface area (Å²) >= 11 is 5.94. The summed E-state index contributed by atoms with van der Waals surface area (Å²) in [4.78, 5) is 21.6. The smallest absolute Gasteiger partial charge is 0.275 e. The molecule has 0 aliphatic carbocycles. The Morgan fingerprint density at radius 3 is 2.44 bits per heavy atom.